The number of halogens is 3. The van der Waals surface area contributed by atoms with Crippen molar-refractivity contribution in [1.82, 2.24) is 4.98 Å². The number of aromatic carboxylic acids is 1. The molecule has 0 atom stereocenters. The van der Waals surface area contributed by atoms with Gasteiger partial charge in [0, 0.05) is 4.47 Å². The Hall–Kier alpha value is -1.76. The smallest absolute Gasteiger partial charge is 0.373 e. The van der Waals surface area contributed by atoms with Gasteiger partial charge >= 0.3 is 5.97 Å². The Morgan fingerprint density at radius 1 is 1.35 bits per heavy atom. The van der Waals surface area contributed by atoms with Gasteiger partial charge in [-0.3, -0.25) is 0 Å². The van der Waals surface area contributed by atoms with Gasteiger partial charge in [0.2, 0.25) is 11.7 Å². The molecule has 0 aliphatic heterocycles. The molecule has 0 saturated carbocycles. The molecule has 0 fully saturated rings. The first-order valence-corrected chi connectivity index (χ1v) is 6.49. The van der Waals surface area contributed by atoms with Crippen molar-refractivity contribution < 1.29 is 23.1 Å². The zero-order chi connectivity index (χ0) is 15.0. The Morgan fingerprint density at radius 3 is 2.30 bits per heavy atom. The molecule has 1 N–H and O–H groups in total. The van der Waals surface area contributed by atoms with E-state index in [0.717, 1.165) is 12.1 Å². The van der Waals surface area contributed by atoms with Crippen molar-refractivity contribution in [2.45, 2.75) is 19.8 Å². The zero-order valence-electron chi connectivity index (χ0n) is 10.6. The maximum atomic E-state index is 13.8. The molecule has 0 aliphatic carbocycles. The SMILES string of the molecule is CC(C)c1nc(-c2c(F)cc(Br)cc2F)oc1C(=O)O. The summed E-state index contributed by atoms with van der Waals surface area (Å²) >= 11 is 2.96. The number of hydrogen-bond donors (Lipinski definition) is 1. The summed E-state index contributed by atoms with van der Waals surface area (Å²) in [7, 11) is 0. The third-order valence-corrected chi connectivity index (χ3v) is 3.07. The van der Waals surface area contributed by atoms with Crippen molar-refractivity contribution >= 4 is 21.9 Å². The van der Waals surface area contributed by atoms with Crippen LogP contribution in [-0.2, 0) is 0 Å². The molecule has 2 rings (SSSR count). The molecular weight excluding hydrogens is 336 g/mol. The van der Waals surface area contributed by atoms with Crippen LogP contribution in [0.5, 0.6) is 0 Å². The minimum Gasteiger partial charge on any atom is -0.475 e. The van der Waals surface area contributed by atoms with E-state index in [2.05, 4.69) is 20.9 Å². The average Bonchev–Trinajstić information content (AvgIpc) is 2.72. The van der Waals surface area contributed by atoms with Crippen molar-refractivity contribution in [3.63, 3.8) is 0 Å². The summed E-state index contributed by atoms with van der Waals surface area (Å²) in [4.78, 5) is 15.0. The number of benzene rings is 1. The first-order chi connectivity index (χ1) is 9.31. The zero-order valence-corrected chi connectivity index (χ0v) is 12.2. The summed E-state index contributed by atoms with van der Waals surface area (Å²) in [5.74, 6) is -4.13. The van der Waals surface area contributed by atoms with E-state index < -0.39 is 28.9 Å². The highest BCUT2D eigenvalue weighted by atomic mass is 79.9. The molecule has 106 valence electrons. The van der Waals surface area contributed by atoms with Crippen LogP contribution in [0.25, 0.3) is 11.5 Å². The van der Waals surface area contributed by atoms with Gasteiger partial charge in [0.15, 0.2) is 0 Å². The number of aromatic nitrogens is 1. The number of oxazole rings is 1. The fraction of sp³-hybridized carbons (Fsp3) is 0.231. The fourth-order valence-corrected chi connectivity index (χ4v) is 2.13. The van der Waals surface area contributed by atoms with E-state index in [1.54, 1.807) is 13.8 Å². The number of carboxylic acids is 1. The van der Waals surface area contributed by atoms with Crippen LogP contribution >= 0.6 is 15.9 Å². The highest BCUT2D eigenvalue weighted by molar-refractivity contribution is 9.10. The maximum absolute atomic E-state index is 13.8. The maximum Gasteiger partial charge on any atom is 0.373 e. The van der Waals surface area contributed by atoms with Crippen molar-refractivity contribution in [2.75, 3.05) is 0 Å². The van der Waals surface area contributed by atoms with E-state index in [-0.39, 0.29) is 22.0 Å². The molecule has 20 heavy (non-hydrogen) atoms. The number of carboxylic acid groups (broad SMARTS) is 1. The van der Waals surface area contributed by atoms with Gasteiger partial charge in [0.05, 0.1) is 5.69 Å². The normalized spacial score (nSPS) is 11.1. The summed E-state index contributed by atoms with van der Waals surface area (Å²) in [6, 6.07) is 2.11. The second-order valence-corrected chi connectivity index (χ2v) is 5.35. The van der Waals surface area contributed by atoms with Crippen LogP contribution in [0.1, 0.15) is 36.0 Å². The molecule has 0 unspecified atom stereocenters. The Labute approximate surface area is 121 Å². The summed E-state index contributed by atoms with van der Waals surface area (Å²) in [5.41, 5.74) is -0.336. The number of hydrogen-bond acceptors (Lipinski definition) is 3. The summed E-state index contributed by atoms with van der Waals surface area (Å²) in [5, 5.41) is 9.03. The third kappa shape index (κ3) is 2.58. The molecular formula is C13H10BrF2NO3. The molecule has 7 heteroatoms. The van der Waals surface area contributed by atoms with Gasteiger partial charge in [-0.05, 0) is 18.1 Å². The summed E-state index contributed by atoms with van der Waals surface area (Å²) in [6.07, 6.45) is 0. The lowest BCUT2D eigenvalue weighted by Gasteiger charge is -2.01. The first-order valence-electron chi connectivity index (χ1n) is 5.70. The average molecular weight is 346 g/mol. The van der Waals surface area contributed by atoms with E-state index in [0.29, 0.717) is 0 Å². The number of nitrogens with zero attached hydrogens (tertiary/aromatic N) is 1. The van der Waals surface area contributed by atoms with E-state index in [9.17, 15) is 13.6 Å². The number of carbonyl (C=O) groups is 1. The quantitative estimate of drug-likeness (QED) is 0.905. The Balaban J connectivity index is 2.66. The molecule has 1 heterocycles. The molecule has 0 amide bonds. The Morgan fingerprint density at radius 2 is 1.90 bits per heavy atom. The molecule has 0 bridgehead atoms. The molecule has 0 spiro atoms. The van der Waals surface area contributed by atoms with Gasteiger partial charge < -0.3 is 9.52 Å². The summed E-state index contributed by atoms with van der Waals surface area (Å²) in [6.45, 7) is 3.42. The standard InChI is InChI=1S/C13H10BrF2NO3/c1-5(2)10-11(13(18)19)20-12(17-10)9-7(15)3-6(14)4-8(9)16/h3-5H,1-2H3,(H,18,19). The van der Waals surface area contributed by atoms with Gasteiger partial charge in [-0.1, -0.05) is 29.8 Å². The minimum atomic E-state index is -1.33. The lowest BCUT2D eigenvalue weighted by atomic mass is 10.1. The van der Waals surface area contributed by atoms with Gasteiger partial charge in [-0.15, -0.1) is 0 Å². The van der Waals surface area contributed by atoms with Crippen LogP contribution in [0.4, 0.5) is 8.78 Å². The lowest BCUT2D eigenvalue weighted by Crippen LogP contribution is -2.01. The largest absolute Gasteiger partial charge is 0.475 e. The van der Waals surface area contributed by atoms with Crippen molar-refractivity contribution in [3.05, 3.63) is 39.7 Å². The molecule has 1 aromatic heterocycles. The van der Waals surface area contributed by atoms with E-state index >= 15 is 0 Å². The second-order valence-electron chi connectivity index (χ2n) is 4.44. The Kier molecular flexibility index (Phi) is 3.89. The van der Waals surface area contributed by atoms with Gasteiger partial charge in [-0.25, -0.2) is 18.6 Å². The van der Waals surface area contributed by atoms with Crippen LogP contribution in [0, 0.1) is 11.6 Å². The fourth-order valence-electron chi connectivity index (χ4n) is 1.73. The monoisotopic (exact) mass is 345 g/mol. The predicted molar refractivity (Wildman–Crippen MR) is 70.6 cm³/mol. The molecule has 0 aliphatic rings. The van der Waals surface area contributed by atoms with Crippen molar-refractivity contribution in [3.8, 4) is 11.5 Å². The molecule has 0 radical (unpaired) electrons. The lowest BCUT2D eigenvalue weighted by molar-refractivity contribution is 0.0661. The Bertz CT molecular complexity index is 659. The number of rotatable bonds is 3. The third-order valence-electron chi connectivity index (χ3n) is 2.62. The molecule has 2 aromatic rings. The minimum absolute atomic E-state index is 0.147. The molecule has 1 aromatic carbocycles. The van der Waals surface area contributed by atoms with Crippen molar-refractivity contribution in [1.29, 1.82) is 0 Å². The highest BCUT2D eigenvalue weighted by Crippen LogP contribution is 2.31. The predicted octanol–water partition coefficient (Wildman–Crippen LogP) is 4.20. The van der Waals surface area contributed by atoms with Crippen LogP contribution in [0.2, 0.25) is 0 Å². The van der Waals surface area contributed by atoms with E-state index in [1.807, 2.05) is 0 Å². The van der Waals surface area contributed by atoms with Crippen LogP contribution in [0.3, 0.4) is 0 Å². The topological polar surface area (TPSA) is 63.3 Å². The molecule has 0 saturated heterocycles. The molecule has 4 nitrogen and oxygen atoms in total. The van der Waals surface area contributed by atoms with Crippen LogP contribution < -0.4 is 0 Å². The van der Waals surface area contributed by atoms with Crippen LogP contribution in [-0.4, -0.2) is 16.1 Å². The summed E-state index contributed by atoms with van der Waals surface area (Å²) < 4.78 is 32.9. The van der Waals surface area contributed by atoms with Gasteiger partial charge in [0.25, 0.3) is 0 Å². The van der Waals surface area contributed by atoms with E-state index in [1.165, 1.54) is 0 Å². The van der Waals surface area contributed by atoms with Gasteiger partial charge in [-0.2, -0.15) is 0 Å². The second kappa shape index (κ2) is 5.32. The van der Waals surface area contributed by atoms with Gasteiger partial charge in [0.1, 0.15) is 17.2 Å². The first kappa shape index (κ1) is 14.6. The highest BCUT2D eigenvalue weighted by Gasteiger charge is 2.25. The van der Waals surface area contributed by atoms with Crippen molar-refractivity contribution in [2.24, 2.45) is 0 Å². The van der Waals surface area contributed by atoms with Crippen LogP contribution in [0.15, 0.2) is 21.0 Å². The van der Waals surface area contributed by atoms with E-state index in [4.69, 9.17) is 9.52 Å².